The van der Waals surface area contributed by atoms with Gasteiger partial charge in [0.1, 0.15) is 12.4 Å². The Labute approximate surface area is 146 Å². The molecule has 6 nitrogen and oxygen atoms in total. The molecule has 1 aromatic carbocycles. The van der Waals surface area contributed by atoms with Crippen LogP contribution < -0.4 is 10.3 Å². The Bertz CT molecular complexity index is 910. The molecule has 0 amide bonds. The van der Waals surface area contributed by atoms with Crippen molar-refractivity contribution in [2.45, 2.75) is 6.92 Å². The molecule has 0 saturated heterocycles. The smallest absolute Gasteiger partial charge is 0.255 e. The van der Waals surface area contributed by atoms with Gasteiger partial charge >= 0.3 is 0 Å². The summed E-state index contributed by atoms with van der Waals surface area (Å²) >= 11 is 0. The molecule has 3 aromatic rings. The van der Waals surface area contributed by atoms with Crippen molar-refractivity contribution in [2.75, 3.05) is 20.3 Å². The van der Waals surface area contributed by atoms with Crippen LogP contribution in [0.15, 0.2) is 53.7 Å². The topological polar surface area (TPSA) is 58.3 Å². The van der Waals surface area contributed by atoms with E-state index in [1.165, 1.54) is 0 Å². The second kappa shape index (κ2) is 7.36. The Hall–Kier alpha value is -2.86. The maximum atomic E-state index is 12.4. The van der Waals surface area contributed by atoms with E-state index in [2.05, 4.69) is 5.10 Å². The van der Waals surface area contributed by atoms with Crippen LogP contribution in [0.4, 0.5) is 0 Å². The minimum atomic E-state index is -0.0711. The summed E-state index contributed by atoms with van der Waals surface area (Å²) in [6.07, 6.45) is 5.59. The number of methoxy groups -OCH3 is 1. The monoisotopic (exact) mass is 339 g/mol. The molecule has 25 heavy (non-hydrogen) atoms. The number of rotatable bonds is 6. The number of pyridine rings is 1. The van der Waals surface area contributed by atoms with Gasteiger partial charge in [0.15, 0.2) is 0 Å². The zero-order valence-electron chi connectivity index (χ0n) is 14.6. The van der Waals surface area contributed by atoms with Gasteiger partial charge in [-0.1, -0.05) is 0 Å². The minimum Gasteiger partial charge on any atom is -0.491 e. The van der Waals surface area contributed by atoms with Crippen LogP contribution in [0.3, 0.4) is 0 Å². The maximum Gasteiger partial charge on any atom is 0.255 e. The molecule has 0 bridgehead atoms. The third-order valence-corrected chi connectivity index (χ3v) is 3.95. The highest BCUT2D eigenvalue weighted by molar-refractivity contribution is 5.65. The summed E-state index contributed by atoms with van der Waals surface area (Å²) in [5.74, 6) is 0.744. The van der Waals surface area contributed by atoms with Crippen molar-refractivity contribution in [1.29, 1.82) is 0 Å². The van der Waals surface area contributed by atoms with Crippen LogP contribution in [-0.4, -0.2) is 34.7 Å². The van der Waals surface area contributed by atoms with Crippen LogP contribution in [-0.2, 0) is 11.8 Å². The Morgan fingerprint density at radius 3 is 2.52 bits per heavy atom. The number of aromatic nitrogens is 3. The van der Waals surface area contributed by atoms with Gasteiger partial charge in [0, 0.05) is 49.4 Å². The quantitative estimate of drug-likeness (QED) is 0.648. The SMILES string of the molecule is COCCOc1ccc(-n2cc(-c3cnn(C)c3)c(C)cc2=O)cc1. The Morgan fingerprint density at radius 1 is 1.12 bits per heavy atom. The van der Waals surface area contributed by atoms with E-state index in [0.717, 1.165) is 28.1 Å². The van der Waals surface area contributed by atoms with Gasteiger partial charge in [0.05, 0.1) is 12.8 Å². The zero-order chi connectivity index (χ0) is 17.8. The molecule has 0 spiro atoms. The van der Waals surface area contributed by atoms with Gasteiger partial charge in [0.25, 0.3) is 5.56 Å². The highest BCUT2D eigenvalue weighted by Gasteiger charge is 2.09. The molecule has 0 saturated carbocycles. The summed E-state index contributed by atoms with van der Waals surface area (Å²) in [7, 11) is 3.51. The molecule has 130 valence electrons. The lowest BCUT2D eigenvalue weighted by atomic mass is 10.1. The van der Waals surface area contributed by atoms with Crippen molar-refractivity contribution in [3.63, 3.8) is 0 Å². The molecular weight excluding hydrogens is 318 g/mol. The average Bonchev–Trinajstić information content (AvgIpc) is 3.02. The van der Waals surface area contributed by atoms with Crippen LogP contribution in [0, 0.1) is 6.92 Å². The van der Waals surface area contributed by atoms with E-state index in [1.54, 1.807) is 28.6 Å². The Balaban J connectivity index is 1.93. The summed E-state index contributed by atoms with van der Waals surface area (Å²) < 4.78 is 13.9. The molecule has 6 heteroatoms. The highest BCUT2D eigenvalue weighted by Crippen LogP contribution is 2.23. The first-order valence-electron chi connectivity index (χ1n) is 8.03. The normalized spacial score (nSPS) is 10.8. The van der Waals surface area contributed by atoms with Crippen LogP contribution in [0.2, 0.25) is 0 Å². The van der Waals surface area contributed by atoms with Crippen molar-refractivity contribution in [3.05, 3.63) is 64.8 Å². The molecule has 0 unspecified atom stereocenters. The van der Waals surface area contributed by atoms with Crippen molar-refractivity contribution in [3.8, 4) is 22.6 Å². The molecule has 0 N–H and O–H groups in total. The number of benzene rings is 1. The summed E-state index contributed by atoms with van der Waals surface area (Å²) in [5.41, 5.74) is 3.60. The summed E-state index contributed by atoms with van der Waals surface area (Å²) in [4.78, 5) is 12.4. The summed E-state index contributed by atoms with van der Waals surface area (Å²) in [6.45, 7) is 2.96. The minimum absolute atomic E-state index is 0.0711. The largest absolute Gasteiger partial charge is 0.491 e. The molecule has 2 aromatic heterocycles. The molecule has 0 aliphatic carbocycles. The predicted octanol–water partition coefficient (Wildman–Crippen LogP) is 2.57. The molecule has 2 heterocycles. The molecule has 0 aliphatic rings. The molecule has 0 fully saturated rings. The Kier molecular flexibility index (Phi) is 5.00. The van der Waals surface area contributed by atoms with Gasteiger partial charge in [-0.25, -0.2) is 0 Å². The zero-order valence-corrected chi connectivity index (χ0v) is 14.6. The van der Waals surface area contributed by atoms with Crippen LogP contribution in [0.1, 0.15) is 5.56 Å². The molecule has 0 atom stereocenters. The third-order valence-electron chi connectivity index (χ3n) is 3.95. The second-order valence-electron chi connectivity index (χ2n) is 5.82. The van der Waals surface area contributed by atoms with Crippen molar-refractivity contribution in [2.24, 2.45) is 7.05 Å². The third kappa shape index (κ3) is 3.80. The number of hydrogen-bond donors (Lipinski definition) is 0. The van der Waals surface area contributed by atoms with Gasteiger partial charge in [-0.3, -0.25) is 14.0 Å². The van der Waals surface area contributed by atoms with Crippen LogP contribution in [0.25, 0.3) is 16.8 Å². The van der Waals surface area contributed by atoms with E-state index in [1.807, 2.05) is 50.6 Å². The van der Waals surface area contributed by atoms with Gasteiger partial charge in [-0.15, -0.1) is 0 Å². The molecular formula is C19H21N3O3. The Morgan fingerprint density at radius 2 is 1.88 bits per heavy atom. The standard InChI is InChI=1S/C19H21N3O3/c1-14-10-19(23)22(13-18(14)15-11-20-21(2)12-15)16-4-6-17(7-5-16)25-9-8-24-3/h4-7,10-13H,8-9H2,1-3H3. The van der Waals surface area contributed by atoms with E-state index >= 15 is 0 Å². The van der Waals surface area contributed by atoms with Crippen molar-refractivity contribution >= 4 is 0 Å². The lowest BCUT2D eigenvalue weighted by molar-refractivity contribution is 0.146. The summed E-state index contributed by atoms with van der Waals surface area (Å²) in [6, 6.07) is 9.07. The van der Waals surface area contributed by atoms with Gasteiger partial charge in [-0.2, -0.15) is 5.10 Å². The van der Waals surface area contributed by atoms with Gasteiger partial charge < -0.3 is 9.47 Å². The number of ether oxygens (including phenoxy) is 2. The fraction of sp³-hybridized carbons (Fsp3) is 0.263. The van der Waals surface area contributed by atoms with E-state index in [9.17, 15) is 4.79 Å². The fourth-order valence-corrected chi connectivity index (χ4v) is 2.64. The van der Waals surface area contributed by atoms with Crippen LogP contribution in [0.5, 0.6) is 5.75 Å². The second-order valence-corrected chi connectivity index (χ2v) is 5.82. The average molecular weight is 339 g/mol. The van der Waals surface area contributed by atoms with E-state index in [4.69, 9.17) is 9.47 Å². The first-order valence-corrected chi connectivity index (χ1v) is 8.03. The lowest BCUT2D eigenvalue weighted by Gasteiger charge is -2.11. The predicted molar refractivity (Wildman–Crippen MR) is 96.3 cm³/mol. The van der Waals surface area contributed by atoms with Gasteiger partial charge in [0.2, 0.25) is 0 Å². The first kappa shape index (κ1) is 17.0. The van der Waals surface area contributed by atoms with Gasteiger partial charge in [-0.05, 0) is 36.8 Å². The first-order chi connectivity index (χ1) is 12.1. The number of hydrogen-bond acceptors (Lipinski definition) is 4. The molecule has 0 radical (unpaired) electrons. The number of nitrogens with zero attached hydrogens (tertiary/aromatic N) is 3. The van der Waals surface area contributed by atoms with E-state index < -0.39 is 0 Å². The van der Waals surface area contributed by atoms with E-state index in [0.29, 0.717) is 13.2 Å². The van der Waals surface area contributed by atoms with Crippen molar-refractivity contribution < 1.29 is 9.47 Å². The van der Waals surface area contributed by atoms with E-state index in [-0.39, 0.29) is 5.56 Å². The highest BCUT2D eigenvalue weighted by atomic mass is 16.5. The molecule has 0 aliphatic heterocycles. The summed E-state index contributed by atoms with van der Waals surface area (Å²) in [5, 5.41) is 4.21. The van der Waals surface area contributed by atoms with Crippen molar-refractivity contribution in [1.82, 2.24) is 14.3 Å². The molecule has 3 rings (SSSR count). The number of aryl methyl sites for hydroxylation is 2. The maximum absolute atomic E-state index is 12.4. The van der Waals surface area contributed by atoms with Crippen LogP contribution >= 0.6 is 0 Å². The fourth-order valence-electron chi connectivity index (χ4n) is 2.64. The lowest BCUT2D eigenvalue weighted by Crippen LogP contribution is -2.17.